The van der Waals surface area contributed by atoms with Gasteiger partial charge in [0.15, 0.2) is 11.9 Å². The number of alkyl halides is 1. The number of rotatable bonds is 4. The van der Waals surface area contributed by atoms with E-state index in [2.05, 4.69) is 15.0 Å². The number of aromatic nitrogens is 3. The lowest BCUT2D eigenvalue weighted by Gasteiger charge is -2.33. The van der Waals surface area contributed by atoms with Crippen LogP contribution in [-0.2, 0) is 0 Å². The van der Waals surface area contributed by atoms with E-state index in [1.807, 2.05) is 6.92 Å². The Balaban J connectivity index is 1.74. The highest BCUT2D eigenvalue weighted by molar-refractivity contribution is 5.65. The van der Waals surface area contributed by atoms with Gasteiger partial charge in [0.1, 0.15) is 12.4 Å². The van der Waals surface area contributed by atoms with E-state index < -0.39 is 18.4 Å². The predicted octanol–water partition coefficient (Wildman–Crippen LogP) is 2.75. The van der Waals surface area contributed by atoms with Crippen molar-refractivity contribution in [2.75, 3.05) is 13.1 Å². The van der Waals surface area contributed by atoms with Crippen LogP contribution < -0.4 is 9.47 Å². The van der Waals surface area contributed by atoms with E-state index in [1.54, 1.807) is 25.3 Å². The van der Waals surface area contributed by atoms with Crippen molar-refractivity contribution in [1.82, 2.24) is 19.9 Å². The van der Waals surface area contributed by atoms with Crippen molar-refractivity contribution < 1.29 is 23.8 Å². The molecule has 3 rings (SSSR count). The molecule has 2 aromatic heterocycles. The first kappa shape index (κ1) is 17.8. The van der Waals surface area contributed by atoms with E-state index in [9.17, 15) is 9.18 Å². The molecule has 0 saturated carbocycles. The molecule has 1 fully saturated rings. The SMILES string of the molecule is Cc1ncccc1Oc1ncnc(O[C@@H]2CCN(C(=O)O)C[C@H]2F)c1C. The standard InChI is InChI=1S/C17H19FN4O4/c1-10-15(25-13-4-3-6-19-11(13)2)20-9-21-16(10)26-14-5-7-22(17(23)24)8-12(14)18/h3-4,6,9,12,14H,5,7-8H2,1-2H3,(H,23,24)/t12-,14-/m1/s1. The molecule has 0 unspecified atom stereocenters. The minimum Gasteiger partial charge on any atom is -0.471 e. The second kappa shape index (κ2) is 7.51. The van der Waals surface area contributed by atoms with Crippen LogP contribution in [0, 0.1) is 13.8 Å². The number of halogens is 1. The van der Waals surface area contributed by atoms with E-state index in [4.69, 9.17) is 14.6 Å². The normalized spacial score (nSPS) is 19.9. The molecule has 1 N–H and O–H groups in total. The molecule has 0 radical (unpaired) electrons. The lowest BCUT2D eigenvalue weighted by molar-refractivity contribution is 0.0220. The van der Waals surface area contributed by atoms with E-state index >= 15 is 0 Å². The molecule has 2 atom stereocenters. The van der Waals surface area contributed by atoms with Crippen LogP contribution in [0.1, 0.15) is 17.7 Å². The Hall–Kier alpha value is -2.97. The maximum Gasteiger partial charge on any atom is 0.407 e. The molecule has 1 aliphatic heterocycles. The number of likely N-dealkylation sites (tertiary alicyclic amines) is 1. The molecule has 0 aliphatic carbocycles. The average Bonchev–Trinajstić information content (AvgIpc) is 2.61. The second-order valence-corrected chi connectivity index (χ2v) is 5.99. The van der Waals surface area contributed by atoms with Crippen molar-refractivity contribution in [3.63, 3.8) is 0 Å². The molecule has 8 nitrogen and oxygen atoms in total. The van der Waals surface area contributed by atoms with E-state index in [0.29, 0.717) is 22.9 Å². The van der Waals surface area contributed by atoms with E-state index in [-0.39, 0.29) is 25.4 Å². The fourth-order valence-corrected chi connectivity index (χ4v) is 2.66. The van der Waals surface area contributed by atoms with Crippen LogP contribution in [0.2, 0.25) is 0 Å². The van der Waals surface area contributed by atoms with Gasteiger partial charge in [-0.05, 0) is 26.0 Å². The van der Waals surface area contributed by atoms with E-state index in [0.717, 1.165) is 4.90 Å². The molecule has 1 saturated heterocycles. The van der Waals surface area contributed by atoms with Gasteiger partial charge in [-0.1, -0.05) is 0 Å². The van der Waals surface area contributed by atoms with Crippen molar-refractivity contribution in [2.45, 2.75) is 32.5 Å². The van der Waals surface area contributed by atoms with Crippen LogP contribution in [0.4, 0.5) is 9.18 Å². The maximum atomic E-state index is 14.3. The summed E-state index contributed by atoms with van der Waals surface area (Å²) < 4.78 is 25.7. The number of pyridine rings is 1. The second-order valence-electron chi connectivity index (χ2n) is 5.99. The summed E-state index contributed by atoms with van der Waals surface area (Å²) in [6, 6.07) is 3.52. The molecule has 2 aromatic rings. The predicted molar refractivity (Wildman–Crippen MR) is 89.3 cm³/mol. The highest BCUT2D eigenvalue weighted by Crippen LogP contribution is 2.30. The third-order valence-corrected chi connectivity index (χ3v) is 4.17. The highest BCUT2D eigenvalue weighted by atomic mass is 19.1. The summed E-state index contributed by atoms with van der Waals surface area (Å²) in [4.78, 5) is 24.3. The topological polar surface area (TPSA) is 97.7 Å². The Morgan fingerprint density at radius 2 is 2.08 bits per heavy atom. The maximum absolute atomic E-state index is 14.3. The minimum absolute atomic E-state index is 0.211. The van der Waals surface area contributed by atoms with Crippen molar-refractivity contribution in [3.8, 4) is 17.5 Å². The Bertz CT molecular complexity index is 804. The summed E-state index contributed by atoms with van der Waals surface area (Å²) in [6.07, 6.45) is -0.148. The van der Waals surface area contributed by atoms with Gasteiger partial charge in [0.25, 0.3) is 0 Å². The summed E-state index contributed by atoms with van der Waals surface area (Å²) in [6.45, 7) is 3.52. The smallest absolute Gasteiger partial charge is 0.407 e. The summed E-state index contributed by atoms with van der Waals surface area (Å²) in [5.74, 6) is 1.07. The minimum atomic E-state index is -1.43. The third kappa shape index (κ3) is 3.81. The third-order valence-electron chi connectivity index (χ3n) is 4.17. The molecule has 0 spiro atoms. The molecule has 3 heterocycles. The Morgan fingerprint density at radius 1 is 1.31 bits per heavy atom. The quantitative estimate of drug-likeness (QED) is 0.893. The van der Waals surface area contributed by atoms with Gasteiger partial charge in [-0.2, -0.15) is 0 Å². The van der Waals surface area contributed by atoms with Crippen molar-refractivity contribution in [1.29, 1.82) is 0 Å². The number of hydrogen-bond donors (Lipinski definition) is 1. The van der Waals surface area contributed by atoms with Gasteiger partial charge in [-0.15, -0.1) is 0 Å². The van der Waals surface area contributed by atoms with Crippen LogP contribution in [0.15, 0.2) is 24.7 Å². The molecule has 1 aliphatic rings. The van der Waals surface area contributed by atoms with Crippen molar-refractivity contribution >= 4 is 6.09 Å². The van der Waals surface area contributed by atoms with Crippen LogP contribution in [0.5, 0.6) is 17.5 Å². The van der Waals surface area contributed by atoms with Gasteiger partial charge in [0.05, 0.1) is 17.8 Å². The summed E-state index contributed by atoms with van der Waals surface area (Å²) in [7, 11) is 0. The lowest BCUT2D eigenvalue weighted by atomic mass is 10.1. The van der Waals surface area contributed by atoms with Crippen LogP contribution in [-0.4, -0.2) is 56.4 Å². The number of aryl methyl sites for hydroxylation is 1. The molecular weight excluding hydrogens is 343 g/mol. The summed E-state index contributed by atoms with van der Waals surface area (Å²) in [5.41, 5.74) is 1.24. The van der Waals surface area contributed by atoms with Gasteiger partial charge in [0, 0.05) is 19.2 Å². The molecule has 0 bridgehead atoms. The number of hydrogen-bond acceptors (Lipinski definition) is 6. The van der Waals surface area contributed by atoms with Gasteiger partial charge in [-0.25, -0.2) is 19.2 Å². The number of piperidine rings is 1. The molecule has 138 valence electrons. The molecular formula is C17H19FN4O4. The van der Waals surface area contributed by atoms with Gasteiger partial charge >= 0.3 is 6.09 Å². The number of ether oxygens (including phenoxy) is 2. The average molecular weight is 362 g/mol. The monoisotopic (exact) mass is 362 g/mol. The first-order valence-corrected chi connectivity index (χ1v) is 8.15. The first-order chi connectivity index (χ1) is 12.5. The van der Waals surface area contributed by atoms with Gasteiger partial charge in [-0.3, -0.25) is 4.98 Å². The zero-order valence-corrected chi connectivity index (χ0v) is 14.4. The van der Waals surface area contributed by atoms with Gasteiger partial charge in [0.2, 0.25) is 11.8 Å². The van der Waals surface area contributed by atoms with Crippen molar-refractivity contribution in [2.24, 2.45) is 0 Å². The van der Waals surface area contributed by atoms with Crippen LogP contribution in [0.3, 0.4) is 0 Å². The molecule has 26 heavy (non-hydrogen) atoms. The zero-order chi connectivity index (χ0) is 18.7. The van der Waals surface area contributed by atoms with Gasteiger partial charge < -0.3 is 19.5 Å². The molecule has 1 amide bonds. The number of carboxylic acid groups (broad SMARTS) is 1. The Morgan fingerprint density at radius 3 is 2.77 bits per heavy atom. The zero-order valence-electron chi connectivity index (χ0n) is 14.4. The fourth-order valence-electron chi connectivity index (χ4n) is 2.66. The largest absolute Gasteiger partial charge is 0.471 e. The summed E-state index contributed by atoms with van der Waals surface area (Å²) in [5, 5.41) is 8.95. The first-order valence-electron chi connectivity index (χ1n) is 8.15. The molecule has 0 aromatic carbocycles. The van der Waals surface area contributed by atoms with Crippen LogP contribution >= 0.6 is 0 Å². The lowest BCUT2D eigenvalue weighted by Crippen LogP contribution is -2.48. The Kier molecular flexibility index (Phi) is 5.15. The highest BCUT2D eigenvalue weighted by Gasteiger charge is 2.33. The summed E-state index contributed by atoms with van der Waals surface area (Å²) >= 11 is 0. The van der Waals surface area contributed by atoms with Crippen molar-refractivity contribution in [3.05, 3.63) is 35.9 Å². The number of carbonyl (C=O) groups is 1. The number of nitrogens with zero attached hydrogens (tertiary/aromatic N) is 4. The number of amides is 1. The fraction of sp³-hybridized carbons (Fsp3) is 0.412. The Labute approximate surface area is 149 Å². The molecule has 9 heteroatoms. The van der Waals surface area contributed by atoms with E-state index in [1.165, 1.54) is 6.33 Å². The van der Waals surface area contributed by atoms with Crippen LogP contribution in [0.25, 0.3) is 0 Å².